The van der Waals surface area contributed by atoms with Gasteiger partial charge in [-0.2, -0.15) is 4.68 Å². The summed E-state index contributed by atoms with van der Waals surface area (Å²) in [5, 5.41) is 14.0. The summed E-state index contributed by atoms with van der Waals surface area (Å²) in [6.07, 6.45) is 1.56. The van der Waals surface area contributed by atoms with E-state index in [9.17, 15) is 14.7 Å². The summed E-state index contributed by atoms with van der Waals surface area (Å²) in [6.45, 7) is 9.41. The van der Waals surface area contributed by atoms with Crippen molar-refractivity contribution >= 4 is 23.2 Å². The van der Waals surface area contributed by atoms with Crippen LogP contribution in [0.15, 0.2) is 41.3 Å². The van der Waals surface area contributed by atoms with E-state index in [1.54, 1.807) is 26.1 Å². The number of halogens is 2. The third-order valence-corrected chi connectivity index (χ3v) is 6.19. The normalized spacial score (nSPS) is 15.6. The first-order valence-electron chi connectivity index (χ1n) is 10.4. The highest BCUT2D eigenvalue weighted by Gasteiger charge is 2.36. The predicted molar refractivity (Wildman–Crippen MR) is 123 cm³/mol. The summed E-state index contributed by atoms with van der Waals surface area (Å²) < 4.78 is 17.5. The average Bonchev–Trinajstić information content (AvgIpc) is 3.10. The first-order chi connectivity index (χ1) is 15.7. The van der Waals surface area contributed by atoms with E-state index in [1.165, 1.54) is 15.5 Å². The highest BCUT2D eigenvalue weighted by molar-refractivity contribution is 6.34. The molecule has 1 atom stereocenters. The molecule has 10 heteroatoms. The molecule has 4 rings (SSSR count). The van der Waals surface area contributed by atoms with Crippen LogP contribution >= 0.6 is 11.6 Å². The van der Waals surface area contributed by atoms with Crippen LogP contribution in [0.4, 0.5) is 10.1 Å². The van der Waals surface area contributed by atoms with Crippen LogP contribution in [0.2, 0.25) is 5.02 Å². The molecule has 3 aromatic rings. The molecule has 0 bridgehead atoms. The van der Waals surface area contributed by atoms with Gasteiger partial charge in [0.25, 0.3) is 5.91 Å². The van der Waals surface area contributed by atoms with E-state index in [-0.39, 0.29) is 36.1 Å². The Kier molecular flexibility index (Phi) is 5.94. The number of hydrogen-bond donors (Lipinski definition) is 1. The number of carbonyl (C=O) groups excluding carboxylic acids is 1. The van der Waals surface area contributed by atoms with E-state index in [4.69, 9.17) is 11.6 Å². The third kappa shape index (κ3) is 3.67. The van der Waals surface area contributed by atoms with Gasteiger partial charge in [0.15, 0.2) is 5.82 Å². The van der Waals surface area contributed by atoms with Crippen molar-refractivity contribution in [1.82, 2.24) is 19.3 Å². The molecule has 3 heterocycles. The molecule has 0 spiro atoms. The van der Waals surface area contributed by atoms with E-state index < -0.39 is 24.0 Å². The number of benzene rings is 1. The summed E-state index contributed by atoms with van der Waals surface area (Å²) >= 11 is 6.38. The van der Waals surface area contributed by atoms with Gasteiger partial charge in [0, 0.05) is 30.8 Å². The number of aromatic nitrogens is 4. The Hall–Kier alpha value is -3.30. The molecule has 0 fully saturated rings. The van der Waals surface area contributed by atoms with Crippen LogP contribution < -0.4 is 10.6 Å². The van der Waals surface area contributed by atoms with Crippen LogP contribution in [0, 0.1) is 12.7 Å². The molecule has 0 aliphatic carbocycles. The number of anilines is 1. The SMILES string of the molecule is C=C(C)[C@H]1CN(c2c(Cl)ccnc2C)C(=O)c2cc(F)c(-n3nc(CO)n(CC)c3=O)cc21. The average molecular weight is 472 g/mol. The first kappa shape index (κ1) is 22.9. The van der Waals surface area contributed by atoms with Crippen LogP contribution in [0.3, 0.4) is 0 Å². The lowest BCUT2D eigenvalue weighted by atomic mass is 9.84. The van der Waals surface area contributed by atoms with Crippen LogP contribution in [-0.4, -0.2) is 36.9 Å². The number of rotatable bonds is 5. The molecule has 0 saturated heterocycles. The van der Waals surface area contributed by atoms with E-state index in [0.29, 0.717) is 22.0 Å². The number of aliphatic hydroxyl groups excluding tert-OH is 1. The summed E-state index contributed by atoms with van der Waals surface area (Å²) in [4.78, 5) is 31.9. The van der Waals surface area contributed by atoms with Gasteiger partial charge in [-0.1, -0.05) is 23.8 Å². The summed E-state index contributed by atoms with van der Waals surface area (Å²) in [5.41, 5.74) is 1.83. The number of nitrogens with zero attached hydrogens (tertiary/aromatic N) is 5. The number of carbonyl (C=O) groups is 1. The standard InChI is InChI=1S/C23H23ClFN5O3/c1-5-28-20(11-31)27-30(23(28)33)19-9-14-15(8-18(19)25)22(32)29(10-16(14)12(2)3)21-13(4)26-7-6-17(21)24/h6-9,16,31H,2,5,10-11H2,1,3-4H3/t16-/m1/s1. The minimum Gasteiger partial charge on any atom is -0.388 e. The zero-order valence-electron chi connectivity index (χ0n) is 18.5. The fourth-order valence-electron chi connectivity index (χ4n) is 4.22. The Bertz CT molecular complexity index is 1330. The number of pyridine rings is 1. The Morgan fingerprint density at radius 3 is 2.67 bits per heavy atom. The quantitative estimate of drug-likeness (QED) is 0.576. The molecular formula is C23H23ClFN5O3. The van der Waals surface area contributed by atoms with Crippen molar-refractivity contribution in [1.29, 1.82) is 0 Å². The fraction of sp³-hybridized carbons (Fsp3) is 0.304. The predicted octanol–water partition coefficient (Wildman–Crippen LogP) is 3.36. The Morgan fingerprint density at radius 1 is 1.36 bits per heavy atom. The lowest BCUT2D eigenvalue weighted by Gasteiger charge is -2.36. The highest BCUT2D eigenvalue weighted by atomic mass is 35.5. The van der Waals surface area contributed by atoms with E-state index in [1.807, 2.05) is 6.92 Å². The van der Waals surface area contributed by atoms with Crippen LogP contribution in [-0.2, 0) is 13.2 Å². The Balaban J connectivity index is 1.91. The lowest BCUT2D eigenvalue weighted by Crippen LogP contribution is -2.41. The van der Waals surface area contributed by atoms with Crippen molar-refractivity contribution in [3.05, 3.63) is 80.5 Å². The molecule has 8 nitrogen and oxygen atoms in total. The van der Waals surface area contributed by atoms with Gasteiger partial charge in [-0.3, -0.25) is 14.3 Å². The van der Waals surface area contributed by atoms with Crippen molar-refractivity contribution in [2.45, 2.75) is 39.8 Å². The molecule has 1 aliphatic heterocycles. The van der Waals surface area contributed by atoms with E-state index >= 15 is 4.39 Å². The second kappa shape index (κ2) is 8.57. The molecular weight excluding hydrogens is 449 g/mol. The molecule has 1 N–H and O–H groups in total. The largest absolute Gasteiger partial charge is 0.388 e. The van der Waals surface area contributed by atoms with Crippen molar-refractivity contribution in [3.63, 3.8) is 0 Å². The van der Waals surface area contributed by atoms with Gasteiger partial charge in [-0.25, -0.2) is 9.18 Å². The summed E-state index contributed by atoms with van der Waals surface area (Å²) in [6, 6.07) is 4.18. The monoisotopic (exact) mass is 471 g/mol. The maximum absolute atomic E-state index is 15.3. The molecule has 2 aromatic heterocycles. The third-order valence-electron chi connectivity index (χ3n) is 5.88. The number of hydrogen-bond acceptors (Lipinski definition) is 5. The Morgan fingerprint density at radius 2 is 2.09 bits per heavy atom. The van der Waals surface area contributed by atoms with Crippen LogP contribution in [0.25, 0.3) is 5.69 Å². The minimum absolute atomic E-state index is 0.0938. The van der Waals surface area contributed by atoms with Crippen molar-refractivity contribution < 1.29 is 14.3 Å². The van der Waals surface area contributed by atoms with Crippen LogP contribution in [0.1, 0.15) is 47.2 Å². The number of amides is 1. The zero-order valence-corrected chi connectivity index (χ0v) is 19.2. The molecule has 1 aromatic carbocycles. The fourth-order valence-corrected chi connectivity index (χ4v) is 4.51. The molecule has 172 valence electrons. The van der Waals surface area contributed by atoms with Crippen molar-refractivity contribution in [2.75, 3.05) is 11.4 Å². The van der Waals surface area contributed by atoms with Gasteiger partial charge >= 0.3 is 5.69 Å². The summed E-state index contributed by atoms with van der Waals surface area (Å²) in [5.74, 6) is -1.42. The van der Waals surface area contributed by atoms with Crippen molar-refractivity contribution in [2.24, 2.45) is 0 Å². The lowest BCUT2D eigenvalue weighted by molar-refractivity contribution is 0.0977. The van der Waals surface area contributed by atoms with Crippen LogP contribution in [0.5, 0.6) is 0 Å². The smallest absolute Gasteiger partial charge is 0.350 e. The molecule has 0 radical (unpaired) electrons. The molecule has 33 heavy (non-hydrogen) atoms. The van der Waals surface area contributed by atoms with Gasteiger partial charge < -0.3 is 10.0 Å². The topological polar surface area (TPSA) is 93.2 Å². The zero-order chi connectivity index (χ0) is 24.0. The number of fused-ring (bicyclic) bond motifs is 1. The molecule has 0 unspecified atom stereocenters. The van der Waals surface area contributed by atoms with E-state index in [2.05, 4.69) is 16.7 Å². The summed E-state index contributed by atoms with van der Waals surface area (Å²) in [7, 11) is 0. The van der Waals surface area contributed by atoms with Gasteiger partial charge in [0.05, 0.1) is 16.4 Å². The van der Waals surface area contributed by atoms with Gasteiger partial charge in [0.1, 0.15) is 18.1 Å². The maximum atomic E-state index is 15.3. The second-order valence-corrected chi connectivity index (χ2v) is 8.35. The van der Waals surface area contributed by atoms with E-state index in [0.717, 1.165) is 16.3 Å². The van der Waals surface area contributed by atoms with Gasteiger partial charge in [-0.15, -0.1) is 5.10 Å². The molecule has 0 saturated carbocycles. The first-order valence-corrected chi connectivity index (χ1v) is 10.8. The minimum atomic E-state index is -0.786. The highest BCUT2D eigenvalue weighted by Crippen LogP contribution is 2.39. The molecule has 1 aliphatic rings. The maximum Gasteiger partial charge on any atom is 0.350 e. The Labute approximate surface area is 194 Å². The van der Waals surface area contributed by atoms with Crippen molar-refractivity contribution in [3.8, 4) is 5.69 Å². The van der Waals surface area contributed by atoms with Gasteiger partial charge in [0.2, 0.25) is 0 Å². The van der Waals surface area contributed by atoms with Gasteiger partial charge in [-0.05, 0) is 44.5 Å². The number of aryl methyl sites for hydroxylation is 1. The second-order valence-electron chi connectivity index (χ2n) is 7.95. The molecule has 1 amide bonds. The number of aliphatic hydroxyl groups is 1.